The number of ketones is 4. The van der Waals surface area contributed by atoms with E-state index in [4.69, 9.17) is 0 Å². The highest BCUT2D eigenvalue weighted by molar-refractivity contribution is 6.42. The lowest BCUT2D eigenvalue weighted by molar-refractivity contribution is -0.141. The van der Waals surface area contributed by atoms with Gasteiger partial charge < -0.3 is 0 Å². The molecule has 0 radical (unpaired) electrons. The average molecular weight is 254 g/mol. The molecule has 0 aliphatic rings. The summed E-state index contributed by atoms with van der Waals surface area (Å²) in [5.74, 6) is -1.61. The zero-order valence-electron chi connectivity index (χ0n) is 11.6. The van der Waals surface area contributed by atoms with Crippen molar-refractivity contribution in [1.29, 1.82) is 0 Å². The summed E-state index contributed by atoms with van der Waals surface area (Å²) in [6.07, 6.45) is -0.157. The van der Waals surface area contributed by atoms with E-state index in [1.54, 1.807) is 0 Å². The molecule has 0 aliphatic heterocycles. The maximum absolute atomic E-state index is 11.4. The number of carbonyl (C=O) groups excluding carboxylic acids is 4. The van der Waals surface area contributed by atoms with Crippen molar-refractivity contribution in [2.75, 3.05) is 0 Å². The Kier molecular flexibility index (Phi) is 7.32. The average Bonchev–Trinajstić information content (AvgIpc) is 2.13. The summed E-state index contributed by atoms with van der Waals surface area (Å²) in [6.45, 7) is 7.49. The summed E-state index contributed by atoms with van der Waals surface area (Å²) in [7, 11) is 0. The number of carbonyl (C=O) groups is 4. The highest BCUT2D eigenvalue weighted by atomic mass is 16.2. The molecular formula is C14H22O4. The molecule has 0 heterocycles. The van der Waals surface area contributed by atoms with E-state index in [1.807, 2.05) is 27.7 Å². The second-order valence-electron chi connectivity index (χ2n) is 5.47. The quantitative estimate of drug-likeness (QED) is 0.467. The van der Waals surface area contributed by atoms with Crippen LogP contribution in [0, 0.1) is 11.8 Å². The summed E-state index contributed by atoms with van der Waals surface area (Å²) in [6, 6.07) is 0. The third kappa shape index (κ3) is 7.87. The Morgan fingerprint density at radius 2 is 0.944 bits per heavy atom. The van der Waals surface area contributed by atoms with E-state index >= 15 is 0 Å². The Bertz CT molecular complexity index is 306. The summed E-state index contributed by atoms with van der Waals surface area (Å²) in [5, 5.41) is 0. The van der Waals surface area contributed by atoms with Crippen molar-refractivity contribution < 1.29 is 19.2 Å². The van der Waals surface area contributed by atoms with Gasteiger partial charge in [0.05, 0.1) is 12.8 Å². The molecule has 0 atom stereocenters. The van der Waals surface area contributed by atoms with Crippen molar-refractivity contribution in [2.45, 2.75) is 53.4 Å². The van der Waals surface area contributed by atoms with E-state index in [0.717, 1.165) is 0 Å². The number of hydrogen-bond donors (Lipinski definition) is 0. The van der Waals surface area contributed by atoms with Gasteiger partial charge >= 0.3 is 0 Å². The molecule has 102 valence electrons. The van der Waals surface area contributed by atoms with Crippen molar-refractivity contribution in [1.82, 2.24) is 0 Å². The minimum absolute atomic E-state index is 0.169. The minimum atomic E-state index is -0.738. The van der Waals surface area contributed by atoms with Gasteiger partial charge in [0.15, 0.2) is 0 Å². The zero-order valence-corrected chi connectivity index (χ0v) is 11.6. The molecule has 4 nitrogen and oxygen atoms in total. The molecule has 0 amide bonds. The number of hydrogen-bond acceptors (Lipinski definition) is 4. The molecule has 0 unspecified atom stereocenters. The minimum Gasteiger partial charge on any atom is -0.299 e. The molecule has 0 bridgehead atoms. The molecule has 0 fully saturated rings. The number of rotatable bonds is 9. The molecule has 18 heavy (non-hydrogen) atoms. The Balaban J connectivity index is 4.15. The summed E-state index contributed by atoms with van der Waals surface area (Å²) >= 11 is 0. The van der Waals surface area contributed by atoms with Gasteiger partial charge in [-0.05, 0) is 11.8 Å². The molecular weight excluding hydrogens is 232 g/mol. The van der Waals surface area contributed by atoms with Crippen LogP contribution in [-0.4, -0.2) is 23.1 Å². The monoisotopic (exact) mass is 254 g/mol. The highest BCUT2D eigenvalue weighted by Gasteiger charge is 2.21. The molecule has 4 heteroatoms. The second-order valence-corrected chi connectivity index (χ2v) is 5.47. The first-order valence-electron chi connectivity index (χ1n) is 6.31. The summed E-state index contributed by atoms with van der Waals surface area (Å²) in [5.41, 5.74) is 0. The largest absolute Gasteiger partial charge is 0.299 e. The third-order valence-corrected chi connectivity index (χ3v) is 2.30. The standard InChI is InChI=1S/C14H22O4/c1-9(2)5-11(15)7-13(17)14(18)8-12(16)6-10(3)4/h9-10H,5-8H2,1-4H3. The maximum Gasteiger partial charge on any atom is 0.206 e. The lowest BCUT2D eigenvalue weighted by atomic mass is 9.98. The van der Waals surface area contributed by atoms with Crippen LogP contribution in [0.3, 0.4) is 0 Å². The summed E-state index contributed by atoms with van der Waals surface area (Å²) < 4.78 is 0. The first-order valence-corrected chi connectivity index (χ1v) is 6.31. The zero-order chi connectivity index (χ0) is 14.3. The Labute approximate surface area is 108 Å². The maximum atomic E-state index is 11.4. The Morgan fingerprint density at radius 3 is 1.17 bits per heavy atom. The molecule has 0 rings (SSSR count). The molecule has 0 aromatic rings. The van der Waals surface area contributed by atoms with Gasteiger partial charge in [0.2, 0.25) is 11.6 Å². The van der Waals surface area contributed by atoms with E-state index in [-0.39, 0.29) is 36.2 Å². The van der Waals surface area contributed by atoms with Crippen molar-refractivity contribution in [3.05, 3.63) is 0 Å². The van der Waals surface area contributed by atoms with E-state index in [9.17, 15) is 19.2 Å². The third-order valence-electron chi connectivity index (χ3n) is 2.30. The predicted octanol–water partition coefficient (Wildman–Crippen LogP) is 2.14. The van der Waals surface area contributed by atoms with Gasteiger partial charge in [0, 0.05) is 12.8 Å². The Hall–Kier alpha value is -1.32. The lowest BCUT2D eigenvalue weighted by Crippen LogP contribution is -2.22. The van der Waals surface area contributed by atoms with Crippen LogP contribution in [-0.2, 0) is 19.2 Å². The van der Waals surface area contributed by atoms with Gasteiger partial charge in [-0.3, -0.25) is 19.2 Å². The molecule has 0 aromatic heterocycles. The van der Waals surface area contributed by atoms with Crippen LogP contribution >= 0.6 is 0 Å². The van der Waals surface area contributed by atoms with Gasteiger partial charge in [-0.15, -0.1) is 0 Å². The first-order chi connectivity index (χ1) is 8.22. The van der Waals surface area contributed by atoms with Crippen molar-refractivity contribution >= 4 is 23.1 Å². The normalized spacial score (nSPS) is 10.8. The van der Waals surface area contributed by atoms with E-state index in [0.29, 0.717) is 12.8 Å². The number of Topliss-reactive ketones (excluding diaryl/α,β-unsaturated/α-hetero) is 4. The van der Waals surface area contributed by atoms with Crippen LogP contribution in [0.1, 0.15) is 53.4 Å². The fourth-order valence-corrected chi connectivity index (χ4v) is 1.61. The first kappa shape index (κ1) is 16.7. The van der Waals surface area contributed by atoms with E-state index in [1.165, 1.54) is 0 Å². The SMILES string of the molecule is CC(C)CC(=O)CC(=O)C(=O)CC(=O)CC(C)C. The van der Waals surface area contributed by atoms with E-state index < -0.39 is 11.6 Å². The Morgan fingerprint density at radius 1 is 0.667 bits per heavy atom. The van der Waals surface area contributed by atoms with Crippen LogP contribution in [0.25, 0.3) is 0 Å². The lowest BCUT2D eigenvalue weighted by Gasteiger charge is -2.04. The van der Waals surface area contributed by atoms with Crippen LogP contribution in [0.4, 0.5) is 0 Å². The van der Waals surface area contributed by atoms with Gasteiger partial charge in [-0.2, -0.15) is 0 Å². The topological polar surface area (TPSA) is 68.3 Å². The van der Waals surface area contributed by atoms with Crippen LogP contribution in [0.2, 0.25) is 0 Å². The van der Waals surface area contributed by atoms with Gasteiger partial charge in [0.25, 0.3) is 0 Å². The van der Waals surface area contributed by atoms with Crippen LogP contribution in [0.5, 0.6) is 0 Å². The van der Waals surface area contributed by atoms with Crippen molar-refractivity contribution in [2.24, 2.45) is 11.8 Å². The molecule has 0 aliphatic carbocycles. The smallest absolute Gasteiger partial charge is 0.206 e. The van der Waals surface area contributed by atoms with Gasteiger partial charge in [-0.1, -0.05) is 27.7 Å². The van der Waals surface area contributed by atoms with Crippen LogP contribution < -0.4 is 0 Å². The van der Waals surface area contributed by atoms with E-state index in [2.05, 4.69) is 0 Å². The molecule has 0 N–H and O–H groups in total. The van der Waals surface area contributed by atoms with Crippen molar-refractivity contribution in [3.63, 3.8) is 0 Å². The van der Waals surface area contributed by atoms with Crippen LogP contribution in [0.15, 0.2) is 0 Å². The van der Waals surface area contributed by atoms with Crippen molar-refractivity contribution in [3.8, 4) is 0 Å². The molecule has 0 saturated heterocycles. The molecule has 0 spiro atoms. The fourth-order valence-electron chi connectivity index (χ4n) is 1.61. The second kappa shape index (κ2) is 7.90. The molecule has 0 aromatic carbocycles. The predicted molar refractivity (Wildman–Crippen MR) is 68.2 cm³/mol. The summed E-state index contributed by atoms with van der Waals surface area (Å²) in [4.78, 5) is 45.6. The fraction of sp³-hybridized carbons (Fsp3) is 0.714. The van der Waals surface area contributed by atoms with Gasteiger partial charge in [0.1, 0.15) is 11.6 Å². The highest BCUT2D eigenvalue weighted by Crippen LogP contribution is 2.06. The molecule has 0 saturated carbocycles. The van der Waals surface area contributed by atoms with Gasteiger partial charge in [-0.25, -0.2) is 0 Å².